The summed E-state index contributed by atoms with van der Waals surface area (Å²) in [5.41, 5.74) is 3.42. The van der Waals surface area contributed by atoms with Crippen LogP contribution in [0.5, 0.6) is 0 Å². The molecule has 96 valence electrons. The van der Waals surface area contributed by atoms with Gasteiger partial charge in [-0.25, -0.2) is 0 Å². The number of hydrogen-bond acceptors (Lipinski definition) is 2. The van der Waals surface area contributed by atoms with Crippen LogP contribution in [0.3, 0.4) is 0 Å². The third-order valence-electron chi connectivity index (χ3n) is 3.20. The van der Waals surface area contributed by atoms with Crippen molar-refractivity contribution in [2.24, 2.45) is 0 Å². The van der Waals surface area contributed by atoms with Crippen LogP contribution in [-0.4, -0.2) is 16.2 Å². The zero-order valence-corrected chi connectivity index (χ0v) is 11.1. The number of nitrogens with one attached hydrogen (secondary N) is 2. The van der Waals surface area contributed by atoms with Gasteiger partial charge in [0, 0.05) is 17.9 Å². The first-order valence-corrected chi connectivity index (χ1v) is 6.69. The van der Waals surface area contributed by atoms with E-state index in [4.69, 9.17) is 0 Å². The quantitative estimate of drug-likeness (QED) is 0.803. The zero-order chi connectivity index (χ0) is 12.8. The molecule has 0 amide bonds. The van der Waals surface area contributed by atoms with Crippen LogP contribution in [0.2, 0.25) is 0 Å². The summed E-state index contributed by atoms with van der Waals surface area (Å²) in [6.45, 7) is 4.46. The molecular formula is C15H21N3. The van der Waals surface area contributed by atoms with Crippen molar-refractivity contribution in [1.29, 1.82) is 0 Å². The fourth-order valence-corrected chi connectivity index (χ4v) is 2.13. The molecule has 0 aliphatic carbocycles. The minimum Gasteiger partial charge on any atom is -0.382 e. The van der Waals surface area contributed by atoms with Gasteiger partial charge in [-0.05, 0) is 36.6 Å². The second-order valence-corrected chi connectivity index (χ2v) is 4.59. The van der Waals surface area contributed by atoms with Crippen LogP contribution < -0.4 is 5.32 Å². The topological polar surface area (TPSA) is 40.7 Å². The smallest absolute Gasteiger partial charge is 0.0650 e. The molecule has 1 atom stereocenters. The monoisotopic (exact) mass is 243 g/mol. The summed E-state index contributed by atoms with van der Waals surface area (Å²) in [7, 11) is 0. The van der Waals surface area contributed by atoms with E-state index in [0.717, 1.165) is 12.1 Å². The van der Waals surface area contributed by atoms with E-state index in [-0.39, 0.29) is 0 Å². The van der Waals surface area contributed by atoms with Crippen LogP contribution in [-0.2, 0) is 0 Å². The number of aromatic nitrogens is 2. The van der Waals surface area contributed by atoms with Gasteiger partial charge in [0.15, 0.2) is 0 Å². The van der Waals surface area contributed by atoms with Gasteiger partial charge in [-0.15, -0.1) is 0 Å². The number of nitrogens with zero attached hydrogens (tertiary/aromatic N) is 1. The number of hydrogen-bond donors (Lipinski definition) is 2. The molecule has 0 fully saturated rings. The Bertz CT molecular complexity index is 445. The fraction of sp³-hybridized carbons (Fsp3) is 0.400. The number of aromatic amines is 1. The van der Waals surface area contributed by atoms with E-state index in [1.165, 1.54) is 24.1 Å². The highest BCUT2D eigenvalue weighted by atomic mass is 15.1. The predicted molar refractivity (Wildman–Crippen MR) is 76.6 cm³/mol. The van der Waals surface area contributed by atoms with Gasteiger partial charge < -0.3 is 5.32 Å². The molecule has 0 saturated carbocycles. The van der Waals surface area contributed by atoms with Crippen molar-refractivity contribution in [2.45, 2.75) is 39.2 Å². The Morgan fingerprint density at radius 3 is 2.50 bits per heavy atom. The molecule has 0 aliphatic heterocycles. The average Bonchev–Trinajstić information content (AvgIpc) is 2.93. The van der Waals surface area contributed by atoms with Crippen LogP contribution in [0.25, 0.3) is 11.3 Å². The van der Waals surface area contributed by atoms with E-state index in [2.05, 4.69) is 53.6 Å². The summed E-state index contributed by atoms with van der Waals surface area (Å²) in [6.07, 6.45) is 5.38. The van der Waals surface area contributed by atoms with Crippen LogP contribution in [0.4, 0.5) is 5.69 Å². The minimum absolute atomic E-state index is 0.577. The third kappa shape index (κ3) is 3.13. The normalized spacial score (nSPS) is 12.3. The molecule has 2 aromatic rings. The standard InChI is InChI=1S/C15H21N3/c1-3-5-13(4-2)17-14-8-6-12(7-9-14)15-10-11-16-18-15/h6-11,13,17H,3-5H2,1-2H3,(H,16,18). The van der Waals surface area contributed by atoms with Gasteiger partial charge in [0.2, 0.25) is 0 Å². The summed E-state index contributed by atoms with van der Waals surface area (Å²) < 4.78 is 0. The summed E-state index contributed by atoms with van der Waals surface area (Å²) in [4.78, 5) is 0. The number of anilines is 1. The van der Waals surface area contributed by atoms with Crippen LogP contribution >= 0.6 is 0 Å². The lowest BCUT2D eigenvalue weighted by Crippen LogP contribution is -2.17. The van der Waals surface area contributed by atoms with Crippen LogP contribution in [0.15, 0.2) is 36.5 Å². The zero-order valence-electron chi connectivity index (χ0n) is 11.1. The Hall–Kier alpha value is -1.77. The van der Waals surface area contributed by atoms with Gasteiger partial charge in [0.05, 0.1) is 5.69 Å². The van der Waals surface area contributed by atoms with Crippen LogP contribution in [0.1, 0.15) is 33.1 Å². The summed E-state index contributed by atoms with van der Waals surface area (Å²) in [6, 6.07) is 11.1. The van der Waals surface area contributed by atoms with E-state index in [0.29, 0.717) is 6.04 Å². The molecule has 2 rings (SSSR count). The Labute approximate surface area is 109 Å². The van der Waals surface area contributed by atoms with E-state index in [1.807, 2.05) is 6.07 Å². The van der Waals surface area contributed by atoms with E-state index in [1.54, 1.807) is 6.20 Å². The Balaban J connectivity index is 2.03. The third-order valence-corrected chi connectivity index (χ3v) is 3.20. The lowest BCUT2D eigenvalue weighted by Gasteiger charge is -2.17. The van der Waals surface area contributed by atoms with Gasteiger partial charge >= 0.3 is 0 Å². The van der Waals surface area contributed by atoms with Crippen LogP contribution in [0, 0.1) is 0 Å². The second kappa shape index (κ2) is 6.24. The van der Waals surface area contributed by atoms with Gasteiger partial charge in [0.1, 0.15) is 0 Å². The molecule has 0 radical (unpaired) electrons. The molecule has 0 bridgehead atoms. The molecule has 0 spiro atoms. The molecule has 1 aromatic heterocycles. The SMILES string of the molecule is CCCC(CC)Nc1ccc(-c2ccn[nH]2)cc1. The molecule has 1 heterocycles. The number of benzene rings is 1. The lowest BCUT2D eigenvalue weighted by molar-refractivity contribution is 0.623. The van der Waals surface area contributed by atoms with E-state index in [9.17, 15) is 0 Å². The van der Waals surface area contributed by atoms with Crippen molar-refractivity contribution in [3.05, 3.63) is 36.5 Å². The number of H-pyrrole nitrogens is 1. The molecular weight excluding hydrogens is 222 g/mol. The average molecular weight is 243 g/mol. The minimum atomic E-state index is 0.577. The van der Waals surface area contributed by atoms with Crippen molar-refractivity contribution in [3.63, 3.8) is 0 Å². The van der Waals surface area contributed by atoms with Gasteiger partial charge in [0.25, 0.3) is 0 Å². The fourth-order valence-electron chi connectivity index (χ4n) is 2.13. The highest BCUT2D eigenvalue weighted by Crippen LogP contribution is 2.20. The van der Waals surface area contributed by atoms with Gasteiger partial charge in [-0.3, -0.25) is 5.10 Å². The van der Waals surface area contributed by atoms with Crippen molar-refractivity contribution < 1.29 is 0 Å². The van der Waals surface area contributed by atoms with E-state index >= 15 is 0 Å². The molecule has 18 heavy (non-hydrogen) atoms. The number of rotatable bonds is 6. The molecule has 3 heteroatoms. The molecule has 0 saturated heterocycles. The van der Waals surface area contributed by atoms with Crippen molar-refractivity contribution in [2.75, 3.05) is 5.32 Å². The first kappa shape index (κ1) is 12.7. The first-order chi connectivity index (χ1) is 8.83. The maximum Gasteiger partial charge on any atom is 0.0650 e. The Morgan fingerprint density at radius 2 is 1.94 bits per heavy atom. The maximum absolute atomic E-state index is 3.97. The summed E-state index contributed by atoms with van der Waals surface area (Å²) in [5, 5.41) is 10.5. The van der Waals surface area contributed by atoms with Crippen molar-refractivity contribution in [1.82, 2.24) is 10.2 Å². The Morgan fingerprint density at radius 1 is 1.17 bits per heavy atom. The lowest BCUT2D eigenvalue weighted by atomic mass is 10.1. The highest BCUT2D eigenvalue weighted by Gasteiger charge is 2.05. The molecule has 0 aliphatic rings. The highest BCUT2D eigenvalue weighted by molar-refractivity contribution is 5.62. The second-order valence-electron chi connectivity index (χ2n) is 4.59. The maximum atomic E-state index is 3.97. The first-order valence-electron chi connectivity index (χ1n) is 6.69. The van der Waals surface area contributed by atoms with Gasteiger partial charge in [-0.2, -0.15) is 5.10 Å². The molecule has 3 nitrogen and oxygen atoms in total. The molecule has 1 aromatic carbocycles. The molecule has 1 unspecified atom stereocenters. The van der Waals surface area contributed by atoms with E-state index < -0.39 is 0 Å². The van der Waals surface area contributed by atoms with Gasteiger partial charge in [-0.1, -0.05) is 32.4 Å². The predicted octanol–water partition coefficient (Wildman–Crippen LogP) is 4.07. The summed E-state index contributed by atoms with van der Waals surface area (Å²) in [5.74, 6) is 0. The van der Waals surface area contributed by atoms with Crippen molar-refractivity contribution in [3.8, 4) is 11.3 Å². The summed E-state index contributed by atoms with van der Waals surface area (Å²) >= 11 is 0. The van der Waals surface area contributed by atoms with Crippen molar-refractivity contribution >= 4 is 5.69 Å². The Kier molecular flexibility index (Phi) is 4.40. The molecule has 2 N–H and O–H groups in total. The largest absolute Gasteiger partial charge is 0.382 e.